The van der Waals surface area contributed by atoms with Crippen LogP contribution >= 0.6 is 0 Å². The van der Waals surface area contributed by atoms with Crippen molar-refractivity contribution in [2.24, 2.45) is 11.8 Å². The molecule has 0 spiro atoms. The van der Waals surface area contributed by atoms with E-state index in [0.717, 1.165) is 12.8 Å². The average Bonchev–Trinajstić information content (AvgIpc) is 2.87. The summed E-state index contributed by atoms with van der Waals surface area (Å²) < 4.78 is 13.8. The predicted octanol–water partition coefficient (Wildman–Crippen LogP) is 2.36. The number of hydrogen-bond donors (Lipinski definition) is 2. The molecule has 1 aromatic rings. The average molecular weight is 279 g/mol. The van der Waals surface area contributed by atoms with Crippen molar-refractivity contribution in [1.29, 1.82) is 0 Å². The smallest absolute Gasteiger partial charge is 0.306 e. The maximum absolute atomic E-state index is 13.8. The molecule has 108 valence electrons. The summed E-state index contributed by atoms with van der Waals surface area (Å²) in [6, 6.07) is 4.66. The van der Waals surface area contributed by atoms with Gasteiger partial charge in [-0.25, -0.2) is 4.39 Å². The van der Waals surface area contributed by atoms with E-state index in [1.807, 2.05) is 0 Å². The summed E-state index contributed by atoms with van der Waals surface area (Å²) in [5, 5.41) is 11.7. The van der Waals surface area contributed by atoms with Gasteiger partial charge in [0.15, 0.2) is 0 Å². The van der Waals surface area contributed by atoms with Crippen molar-refractivity contribution < 1.29 is 19.1 Å². The number of hydrogen-bond acceptors (Lipinski definition) is 2. The second kappa shape index (κ2) is 6.03. The minimum atomic E-state index is -0.816. The molecule has 4 nitrogen and oxygen atoms in total. The highest BCUT2D eigenvalue weighted by Crippen LogP contribution is 2.31. The molecule has 1 saturated carbocycles. The number of halogens is 1. The van der Waals surface area contributed by atoms with Crippen LogP contribution in [0.5, 0.6) is 0 Å². The standard InChI is InChI=1S/C15H18FNO3/c1-9-4-2-7-12(13(9)16)14(18)17-8-10-5-3-6-11(10)15(19)20/h2,4,7,10-11H,3,5-6,8H2,1H3,(H,17,18)(H,19,20). The molecule has 1 amide bonds. The van der Waals surface area contributed by atoms with Crippen LogP contribution in [0.1, 0.15) is 35.2 Å². The van der Waals surface area contributed by atoms with Crippen molar-refractivity contribution in [1.82, 2.24) is 5.32 Å². The lowest BCUT2D eigenvalue weighted by Gasteiger charge is -2.16. The number of carboxylic acid groups (broad SMARTS) is 1. The zero-order valence-electron chi connectivity index (χ0n) is 11.4. The summed E-state index contributed by atoms with van der Waals surface area (Å²) in [5.74, 6) is -2.29. The van der Waals surface area contributed by atoms with E-state index in [1.165, 1.54) is 6.07 Å². The fourth-order valence-electron chi connectivity index (χ4n) is 2.75. The summed E-state index contributed by atoms with van der Waals surface area (Å²) in [5.41, 5.74) is 0.428. The Bertz CT molecular complexity index is 530. The minimum absolute atomic E-state index is 0.00914. The molecule has 5 heteroatoms. The number of carbonyl (C=O) groups excluding carboxylic acids is 1. The Kier molecular flexibility index (Phi) is 4.37. The topological polar surface area (TPSA) is 66.4 Å². The third kappa shape index (κ3) is 2.98. The van der Waals surface area contributed by atoms with Gasteiger partial charge in [0.1, 0.15) is 5.82 Å². The Balaban J connectivity index is 1.99. The summed E-state index contributed by atoms with van der Waals surface area (Å²) in [7, 11) is 0. The van der Waals surface area contributed by atoms with Crippen molar-refractivity contribution in [3.8, 4) is 0 Å². The fraction of sp³-hybridized carbons (Fsp3) is 0.467. The Morgan fingerprint density at radius 2 is 2.15 bits per heavy atom. The maximum atomic E-state index is 13.8. The molecule has 0 aliphatic heterocycles. The highest BCUT2D eigenvalue weighted by atomic mass is 19.1. The van der Waals surface area contributed by atoms with E-state index < -0.39 is 23.6 Å². The molecule has 0 bridgehead atoms. The van der Waals surface area contributed by atoms with Crippen molar-refractivity contribution >= 4 is 11.9 Å². The van der Waals surface area contributed by atoms with E-state index >= 15 is 0 Å². The van der Waals surface area contributed by atoms with Crippen LogP contribution in [0.2, 0.25) is 0 Å². The van der Waals surface area contributed by atoms with Crippen LogP contribution in [0.15, 0.2) is 18.2 Å². The second-order valence-corrected chi connectivity index (χ2v) is 5.28. The largest absolute Gasteiger partial charge is 0.481 e. The maximum Gasteiger partial charge on any atom is 0.306 e. The molecular weight excluding hydrogens is 261 g/mol. The molecule has 1 fully saturated rings. The van der Waals surface area contributed by atoms with Gasteiger partial charge in [0, 0.05) is 6.54 Å². The Morgan fingerprint density at radius 3 is 2.85 bits per heavy atom. The van der Waals surface area contributed by atoms with E-state index in [9.17, 15) is 14.0 Å². The van der Waals surface area contributed by atoms with Gasteiger partial charge in [0.2, 0.25) is 0 Å². The number of amides is 1. The lowest BCUT2D eigenvalue weighted by atomic mass is 9.96. The molecule has 0 saturated heterocycles. The van der Waals surface area contributed by atoms with Crippen LogP contribution in [0, 0.1) is 24.6 Å². The molecule has 2 atom stereocenters. The SMILES string of the molecule is Cc1cccc(C(=O)NCC2CCCC2C(=O)O)c1F. The number of benzene rings is 1. The molecular formula is C15H18FNO3. The van der Waals surface area contributed by atoms with Crippen LogP contribution < -0.4 is 5.32 Å². The van der Waals surface area contributed by atoms with Gasteiger partial charge in [-0.05, 0) is 37.3 Å². The molecule has 2 N–H and O–H groups in total. The van der Waals surface area contributed by atoms with E-state index in [0.29, 0.717) is 12.0 Å². The van der Waals surface area contributed by atoms with Crippen molar-refractivity contribution in [3.05, 3.63) is 35.1 Å². The third-order valence-corrected chi connectivity index (χ3v) is 3.94. The highest BCUT2D eigenvalue weighted by Gasteiger charge is 2.33. The lowest BCUT2D eigenvalue weighted by molar-refractivity contribution is -0.142. The summed E-state index contributed by atoms with van der Waals surface area (Å²) in [4.78, 5) is 23.0. The number of carbonyl (C=O) groups is 2. The van der Waals surface area contributed by atoms with Crippen LogP contribution in [0.4, 0.5) is 4.39 Å². The second-order valence-electron chi connectivity index (χ2n) is 5.28. The van der Waals surface area contributed by atoms with E-state index in [1.54, 1.807) is 19.1 Å². The van der Waals surface area contributed by atoms with Crippen LogP contribution in [0.3, 0.4) is 0 Å². The number of aliphatic carboxylic acids is 1. The zero-order chi connectivity index (χ0) is 14.7. The van der Waals surface area contributed by atoms with Gasteiger partial charge in [-0.3, -0.25) is 9.59 Å². The molecule has 20 heavy (non-hydrogen) atoms. The normalized spacial score (nSPS) is 21.7. The Hall–Kier alpha value is -1.91. The van der Waals surface area contributed by atoms with E-state index in [2.05, 4.69) is 5.32 Å². The van der Waals surface area contributed by atoms with Crippen molar-refractivity contribution in [2.45, 2.75) is 26.2 Å². The molecule has 1 aliphatic rings. The number of aryl methyl sites for hydroxylation is 1. The van der Waals surface area contributed by atoms with Gasteiger partial charge >= 0.3 is 5.97 Å². The molecule has 2 rings (SSSR count). The van der Waals surface area contributed by atoms with Crippen molar-refractivity contribution in [2.75, 3.05) is 6.54 Å². The number of carboxylic acids is 1. The van der Waals surface area contributed by atoms with Crippen LogP contribution in [-0.4, -0.2) is 23.5 Å². The van der Waals surface area contributed by atoms with E-state index in [-0.39, 0.29) is 18.0 Å². The highest BCUT2D eigenvalue weighted by molar-refractivity contribution is 5.94. The third-order valence-electron chi connectivity index (χ3n) is 3.94. The molecule has 1 aliphatic carbocycles. The summed E-state index contributed by atoms with van der Waals surface area (Å²) >= 11 is 0. The summed E-state index contributed by atoms with van der Waals surface area (Å²) in [6.45, 7) is 1.88. The van der Waals surface area contributed by atoms with Gasteiger partial charge in [-0.2, -0.15) is 0 Å². The van der Waals surface area contributed by atoms with Gasteiger partial charge in [0.05, 0.1) is 11.5 Å². The molecule has 0 aromatic heterocycles. The Morgan fingerprint density at radius 1 is 1.40 bits per heavy atom. The van der Waals surface area contributed by atoms with Gasteiger partial charge in [-0.15, -0.1) is 0 Å². The summed E-state index contributed by atoms with van der Waals surface area (Å²) in [6.07, 6.45) is 2.29. The number of nitrogens with one attached hydrogen (secondary N) is 1. The first-order chi connectivity index (χ1) is 9.50. The zero-order valence-corrected chi connectivity index (χ0v) is 11.4. The first-order valence-electron chi connectivity index (χ1n) is 6.77. The van der Waals surface area contributed by atoms with Crippen LogP contribution in [-0.2, 0) is 4.79 Å². The monoisotopic (exact) mass is 279 g/mol. The lowest BCUT2D eigenvalue weighted by Crippen LogP contribution is -2.33. The number of rotatable bonds is 4. The fourth-order valence-corrected chi connectivity index (χ4v) is 2.75. The predicted molar refractivity (Wildman–Crippen MR) is 71.9 cm³/mol. The molecule has 0 radical (unpaired) electrons. The molecule has 1 aromatic carbocycles. The quantitative estimate of drug-likeness (QED) is 0.889. The Labute approximate surface area is 117 Å². The van der Waals surface area contributed by atoms with Gasteiger partial charge in [0.25, 0.3) is 5.91 Å². The van der Waals surface area contributed by atoms with Crippen LogP contribution in [0.25, 0.3) is 0 Å². The van der Waals surface area contributed by atoms with Crippen molar-refractivity contribution in [3.63, 3.8) is 0 Å². The molecule has 2 unspecified atom stereocenters. The first-order valence-corrected chi connectivity index (χ1v) is 6.77. The van der Waals surface area contributed by atoms with E-state index in [4.69, 9.17) is 5.11 Å². The minimum Gasteiger partial charge on any atom is -0.481 e. The van der Waals surface area contributed by atoms with Gasteiger partial charge in [-0.1, -0.05) is 18.6 Å². The molecule has 0 heterocycles. The first kappa shape index (κ1) is 14.5. The van der Waals surface area contributed by atoms with Gasteiger partial charge < -0.3 is 10.4 Å².